The number of aromatic nitrogens is 2. The zero-order chi connectivity index (χ0) is 11.1. The van der Waals surface area contributed by atoms with E-state index in [1.54, 1.807) is 0 Å². The van der Waals surface area contributed by atoms with Gasteiger partial charge in [-0.25, -0.2) is 0 Å². The van der Waals surface area contributed by atoms with Gasteiger partial charge in [-0.05, 0) is 19.8 Å². The Balaban J connectivity index is 2.62. The van der Waals surface area contributed by atoms with Gasteiger partial charge in [-0.15, -0.1) is 0 Å². The Morgan fingerprint density at radius 2 is 2.33 bits per heavy atom. The molecule has 0 amide bonds. The Morgan fingerprint density at radius 3 is 3.00 bits per heavy atom. The van der Waals surface area contributed by atoms with Crippen molar-refractivity contribution < 1.29 is 5.11 Å². The average Bonchev–Trinajstić information content (AvgIpc) is 2.55. The van der Waals surface area contributed by atoms with E-state index in [-0.39, 0.29) is 6.61 Å². The predicted octanol–water partition coefficient (Wildman–Crippen LogP) is 1.73. The molecule has 0 aliphatic carbocycles. The largest absolute Gasteiger partial charge is 0.396 e. The Bertz CT molecular complexity index is 357. The first kappa shape index (κ1) is 11.8. The van der Waals surface area contributed by atoms with E-state index < -0.39 is 0 Å². The molecule has 82 valence electrons. The van der Waals surface area contributed by atoms with Crippen LogP contribution >= 0.6 is 0 Å². The predicted molar refractivity (Wildman–Crippen MR) is 60.5 cm³/mol. The van der Waals surface area contributed by atoms with Crippen LogP contribution in [0.5, 0.6) is 0 Å². The Morgan fingerprint density at radius 1 is 1.53 bits per heavy atom. The van der Waals surface area contributed by atoms with Gasteiger partial charge in [0.05, 0.1) is 11.3 Å². The summed E-state index contributed by atoms with van der Waals surface area (Å²) < 4.78 is 1.94. The second kappa shape index (κ2) is 6.26. The molecule has 0 unspecified atom stereocenters. The van der Waals surface area contributed by atoms with Gasteiger partial charge in [0, 0.05) is 25.8 Å². The van der Waals surface area contributed by atoms with Gasteiger partial charge in [-0.3, -0.25) is 4.68 Å². The molecule has 0 saturated carbocycles. The molecule has 0 spiro atoms. The molecule has 15 heavy (non-hydrogen) atoms. The van der Waals surface area contributed by atoms with Crippen LogP contribution in [0, 0.1) is 18.8 Å². The second-order valence-electron chi connectivity index (χ2n) is 3.52. The fourth-order valence-electron chi connectivity index (χ4n) is 1.31. The molecule has 0 atom stereocenters. The quantitative estimate of drug-likeness (QED) is 0.601. The minimum absolute atomic E-state index is 0.211. The third kappa shape index (κ3) is 3.77. The summed E-state index contributed by atoms with van der Waals surface area (Å²) in [6, 6.07) is 0. The average molecular weight is 206 g/mol. The summed E-state index contributed by atoms with van der Waals surface area (Å²) in [6.07, 6.45) is 4.56. The summed E-state index contributed by atoms with van der Waals surface area (Å²) in [7, 11) is 0. The van der Waals surface area contributed by atoms with E-state index in [9.17, 15) is 0 Å². The second-order valence-corrected chi connectivity index (χ2v) is 3.52. The number of aliphatic hydroxyl groups excluding tert-OH is 1. The summed E-state index contributed by atoms with van der Waals surface area (Å²) in [5, 5.41) is 13.0. The van der Waals surface area contributed by atoms with Gasteiger partial charge in [0.1, 0.15) is 0 Å². The number of rotatable bonds is 4. The first-order chi connectivity index (χ1) is 7.27. The lowest BCUT2D eigenvalue weighted by Gasteiger charge is -1.93. The summed E-state index contributed by atoms with van der Waals surface area (Å²) in [4.78, 5) is 0. The fraction of sp³-hybridized carbons (Fsp3) is 0.583. The van der Waals surface area contributed by atoms with E-state index in [2.05, 4.69) is 23.9 Å². The van der Waals surface area contributed by atoms with E-state index in [1.807, 2.05) is 17.8 Å². The molecule has 0 radical (unpaired) electrons. The summed E-state index contributed by atoms with van der Waals surface area (Å²) in [6.45, 7) is 5.26. The SMILES string of the molecule is CCCn1cc(C#CCCCO)c(C)n1. The highest BCUT2D eigenvalue weighted by molar-refractivity contribution is 5.35. The lowest BCUT2D eigenvalue weighted by Crippen LogP contribution is -1.96. The van der Waals surface area contributed by atoms with E-state index in [0.717, 1.165) is 37.1 Å². The molecule has 0 aliphatic rings. The molecule has 0 fully saturated rings. The molecule has 3 nitrogen and oxygen atoms in total. The zero-order valence-electron chi connectivity index (χ0n) is 9.45. The summed E-state index contributed by atoms with van der Waals surface area (Å²) >= 11 is 0. The van der Waals surface area contributed by atoms with Crippen LogP contribution in [0.25, 0.3) is 0 Å². The monoisotopic (exact) mass is 206 g/mol. The van der Waals surface area contributed by atoms with E-state index in [1.165, 1.54) is 0 Å². The van der Waals surface area contributed by atoms with Crippen molar-refractivity contribution in [2.75, 3.05) is 6.61 Å². The maximum Gasteiger partial charge on any atom is 0.0750 e. The molecule has 1 N–H and O–H groups in total. The van der Waals surface area contributed by atoms with Gasteiger partial charge in [0.15, 0.2) is 0 Å². The molecule has 3 heteroatoms. The zero-order valence-corrected chi connectivity index (χ0v) is 9.45. The molecular weight excluding hydrogens is 188 g/mol. The molecule has 1 heterocycles. The van der Waals surface area contributed by atoms with Crippen molar-refractivity contribution in [3.8, 4) is 11.8 Å². The first-order valence-corrected chi connectivity index (χ1v) is 5.41. The van der Waals surface area contributed by atoms with Crippen molar-refractivity contribution in [2.45, 2.75) is 39.7 Å². The van der Waals surface area contributed by atoms with Crippen LogP contribution in [0.15, 0.2) is 6.20 Å². The van der Waals surface area contributed by atoms with Gasteiger partial charge in [-0.2, -0.15) is 5.10 Å². The standard InChI is InChI=1S/C12H18N2O/c1-3-8-14-10-12(11(2)13-14)7-5-4-6-9-15/h10,15H,3-4,6,8-9H2,1-2H3. The highest BCUT2D eigenvalue weighted by Crippen LogP contribution is 2.04. The van der Waals surface area contributed by atoms with E-state index >= 15 is 0 Å². The van der Waals surface area contributed by atoms with Crippen LogP contribution < -0.4 is 0 Å². The molecule has 1 aromatic heterocycles. The Labute approximate surface area is 91.1 Å². The van der Waals surface area contributed by atoms with Crippen molar-refractivity contribution in [3.63, 3.8) is 0 Å². The molecular formula is C12H18N2O. The van der Waals surface area contributed by atoms with E-state index in [0.29, 0.717) is 0 Å². The van der Waals surface area contributed by atoms with Crippen molar-refractivity contribution in [3.05, 3.63) is 17.5 Å². The fourth-order valence-corrected chi connectivity index (χ4v) is 1.31. The van der Waals surface area contributed by atoms with Gasteiger partial charge in [0.2, 0.25) is 0 Å². The van der Waals surface area contributed by atoms with Crippen LogP contribution in [-0.4, -0.2) is 21.5 Å². The Kier molecular flexibility index (Phi) is 4.92. The number of unbranched alkanes of at least 4 members (excludes halogenated alkanes) is 1. The van der Waals surface area contributed by atoms with Crippen molar-refractivity contribution in [2.24, 2.45) is 0 Å². The van der Waals surface area contributed by atoms with Crippen LogP contribution in [0.1, 0.15) is 37.4 Å². The molecule has 0 bridgehead atoms. The number of aryl methyl sites for hydroxylation is 2. The minimum atomic E-state index is 0.211. The van der Waals surface area contributed by atoms with Gasteiger partial charge in [0.25, 0.3) is 0 Å². The molecule has 1 aromatic rings. The highest BCUT2D eigenvalue weighted by Gasteiger charge is 2.00. The highest BCUT2D eigenvalue weighted by atomic mass is 16.2. The summed E-state index contributed by atoms with van der Waals surface area (Å²) in [5.74, 6) is 6.12. The lowest BCUT2D eigenvalue weighted by molar-refractivity contribution is 0.290. The van der Waals surface area contributed by atoms with Crippen molar-refractivity contribution >= 4 is 0 Å². The maximum absolute atomic E-state index is 8.61. The maximum atomic E-state index is 8.61. The van der Waals surface area contributed by atoms with E-state index in [4.69, 9.17) is 5.11 Å². The number of nitrogens with zero attached hydrogens (tertiary/aromatic N) is 2. The third-order valence-electron chi connectivity index (χ3n) is 2.08. The minimum Gasteiger partial charge on any atom is -0.396 e. The molecule has 0 aliphatic heterocycles. The van der Waals surface area contributed by atoms with Crippen LogP contribution in [-0.2, 0) is 6.54 Å². The lowest BCUT2D eigenvalue weighted by atomic mass is 10.2. The van der Waals surface area contributed by atoms with Crippen molar-refractivity contribution in [1.29, 1.82) is 0 Å². The molecule has 0 saturated heterocycles. The number of hydrogen-bond acceptors (Lipinski definition) is 2. The molecule has 1 rings (SSSR count). The van der Waals surface area contributed by atoms with Gasteiger partial charge < -0.3 is 5.11 Å². The van der Waals surface area contributed by atoms with Gasteiger partial charge >= 0.3 is 0 Å². The van der Waals surface area contributed by atoms with Crippen molar-refractivity contribution in [1.82, 2.24) is 9.78 Å². The first-order valence-electron chi connectivity index (χ1n) is 5.41. The van der Waals surface area contributed by atoms with Crippen LogP contribution in [0.4, 0.5) is 0 Å². The van der Waals surface area contributed by atoms with Gasteiger partial charge in [-0.1, -0.05) is 18.8 Å². The molecule has 0 aromatic carbocycles. The topological polar surface area (TPSA) is 38.0 Å². The van der Waals surface area contributed by atoms with Crippen LogP contribution in [0.2, 0.25) is 0 Å². The number of aliphatic hydroxyl groups is 1. The normalized spacial score (nSPS) is 9.80. The summed E-state index contributed by atoms with van der Waals surface area (Å²) in [5.41, 5.74) is 1.99. The smallest absolute Gasteiger partial charge is 0.0750 e. The van der Waals surface area contributed by atoms with Crippen LogP contribution in [0.3, 0.4) is 0 Å². The number of hydrogen-bond donors (Lipinski definition) is 1. The third-order valence-corrected chi connectivity index (χ3v) is 2.08. The Hall–Kier alpha value is -1.27.